The third-order valence-corrected chi connectivity index (χ3v) is 3.86. The fourth-order valence-electron chi connectivity index (χ4n) is 2.85. The summed E-state index contributed by atoms with van der Waals surface area (Å²) in [5.74, 6) is -2.20. The Hall–Kier alpha value is -1.59. The standard InChI is InChI=1S/C15H25NO5/c1-10(2)9-16(8-7-13(17)21-3)14(18)11-5-4-6-12(11)15(19)20/h10-12H,4-9H2,1-3H3,(H,19,20). The van der Waals surface area contributed by atoms with Crippen molar-refractivity contribution in [1.29, 1.82) is 0 Å². The fourth-order valence-corrected chi connectivity index (χ4v) is 2.85. The Balaban J connectivity index is 2.74. The van der Waals surface area contributed by atoms with Gasteiger partial charge in [0.25, 0.3) is 0 Å². The number of hydrogen-bond acceptors (Lipinski definition) is 4. The second kappa shape index (κ2) is 8.00. The molecule has 1 saturated carbocycles. The molecule has 1 fully saturated rings. The van der Waals surface area contributed by atoms with Crippen LogP contribution in [0.2, 0.25) is 0 Å². The van der Waals surface area contributed by atoms with Crippen LogP contribution in [0.3, 0.4) is 0 Å². The number of hydrogen-bond donors (Lipinski definition) is 1. The predicted octanol–water partition coefficient (Wildman–Crippen LogP) is 1.53. The highest BCUT2D eigenvalue weighted by molar-refractivity contribution is 5.85. The summed E-state index contributed by atoms with van der Waals surface area (Å²) >= 11 is 0. The van der Waals surface area contributed by atoms with Gasteiger partial charge in [0.15, 0.2) is 0 Å². The molecule has 0 saturated heterocycles. The van der Waals surface area contributed by atoms with E-state index >= 15 is 0 Å². The van der Waals surface area contributed by atoms with Gasteiger partial charge in [-0.3, -0.25) is 14.4 Å². The highest BCUT2D eigenvalue weighted by Gasteiger charge is 2.39. The lowest BCUT2D eigenvalue weighted by Crippen LogP contribution is -2.42. The van der Waals surface area contributed by atoms with Gasteiger partial charge >= 0.3 is 11.9 Å². The summed E-state index contributed by atoms with van der Waals surface area (Å²) in [6, 6.07) is 0. The van der Waals surface area contributed by atoms with Crippen LogP contribution in [0.25, 0.3) is 0 Å². The molecule has 0 radical (unpaired) electrons. The van der Waals surface area contributed by atoms with E-state index in [0.717, 1.165) is 6.42 Å². The molecule has 0 bridgehead atoms. The Bertz CT molecular complexity index is 394. The first-order valence-corrected chi connectivity index (χ1v) is 7.45. The van der Waals surface area contributed by atoms with E-state index in [1.165, 1.54) is 7.11 Å². The van der Waals surface area contributed by atoms with Gasteiger partial charge in [0.1, 0.15) is 0 Å². The van der Waals surface area contributed by atoms with E-state index in [9.17, 15) is 19.5 Å². The lowest BCUT2D eigenvalue weighted by molar-refractivity contribution is -0.150. The summed E-state index contributed by atoms with van der Waals surface area (Å²) < 4.78 is 4.60. The second-order valence-electron chi connectivity index (χ2n) is 5.99. The number of methoxy groups -OCH3 is 1. The van der Waals surface area contributed by atoms with Gasteiger partial charge in [-0.15, -0.1) is 0 Å². The van der Waals surface area contributed by atoms with E-state index in [4.69, 9.17) is 0 Å². The quantitative estimate of drug-likeness (QED) is 0.721. The van der Waals surface area contributed by atoms with Crippen LogP contribution in [0.5, 0.6) is 0 Å². The Kier molecular flexibility index (Phi) is 6.65. The Morgan fingerprint density at radius 2 is 1.86 bits per heavy atom. The summed E-state index contributed by atoms with van der Waals surface area (Å²) in [6.45, 7) is 4.79. The van der Waals surface area contributed by atoms with Crippen LogP contribution >= 0.6 is 0 Å². The second-order valence-corrected chi connectivity index (χ2v) is 5.99. The van der Waals surface area contributed by atoms with Gasteiger partial charge < -0.3 is 14.7 Å². The Morgan fingerprint density at radius 3 is 2.38 bits per heavy atom. The molecule has 6 heteroatoms. The minimum Gasteiger partial charge on any atom is -0.481 e. The third kappa shape index (κ3) is 5.02. The number of aliphatic carboxylic acids is 1. The van der Waals surface area contributed by atoms with Crippen molar-refractivity contribution in [3.05, 3.63) is 0 Å². The maximum atomic E-state index is 12.6. The molecule has 1 aliphatic rings. The normalized spacial score (nSPS) is 21.3. The number of carbonyl (C=O) groups excluding carboxylic acids is 2. The van der Waals surface area contributed by atoms with Crippen LogP contribution in [-0.2, 0) is 19.1 Å². The molecular formula is C15H25NO5. The Morgan fingerprint density at radius 1 is 1.24 bits per heavy atom. The molecule has 1 rings (SSSR count). The van der Waals surface area contributed by atoms with E-state index in [1.807, 2.05) is 13.8 Å². The first-order valence-electron chi connectivity index (χ1n) is 7.45. The van der Waals surface area contributed by atoms with Gasteiger partial charge in [0, 0.05) is 13.1 Å². The third-order valence-electron chi connectivity index (χ3n) is 3.86. The van der Waals surface area contributed by atoms with E-state index < -0.39 is 17.8 Å². The van der Waals surface area contributed by atoms with Crippen molar-refractivity contribution in [1.82, 2.24) is 4.90 Å². The van der Waals surface area contributed by atoms with Crippen LogP contribution in [0, 0.1) is 17.8 Å². The van der Waals surface area contributed by atoms with Crippen LogP contribution in [-0.4, -0.2) is 48.1 Å². The summed E-state index contributed by atoms with van der Waals surface area (Å²) in [5, 5.41) is 9.21. The fraction of sp³-hybridized carbons (Fsp3) is 0.800. The van der Waals surface area contributed by atoms with Gasteiger partial charge in [0.05, 0.1) is 25.4 Å². The summed E-state index contributed by atoms with van der Waals surface area (Å²) in [5.41, 5.74) is 0. The minimum absolute atomic E-state index is 0.138. The number of esters is 1. The molecule has 1 aliphatic carbocycles. The number of rotatable bonds is 7. The molecule has 0 aromatic rings. The summed E-state index contributed by atoms with van der Waals surface area (Å²) in [7, 11) is 1.31. The lowest BCUT2D eigenvalue weighted by Gasteiger charge is -2.28. The molecule has 1 N–H and O–H groups in total. The zero-order chi connectivity index (χ0) is 16.0. The predicted molar refractivity (Wildman–Crippen MR) is 76.5 cm³/mol. The molecule has 1 amide bonds. The van der Waals surface area contributed by atoms with Gasteiger partial charge in [-0.05, 0) is 18.8 Å². The first kappa shape index (κ1) is 17.5. The SMILES string of the molecule is COC(=O)CCN(CC(C)C)C(=O)C1CCCC1C(=O)O. The molecule has 0 spiro atoms. The number of carboxylic acid groups (broad SMARTS) is 1. The van der Waals surface area contributed by atoms with Crippen molar-refractivity contribution in [3.8, 4) is 0 Å². The molecule has 0 aromatic heterocycles. The van der Waals surface area contributed by atoms with Crippen LogP contribution in [0.15, 0.2) is 0 Å². The van der Waals surface area contributed by atoms with Crippen LogP contribution in [0.4, 0.5) is 0 Å². The molecule has 0 heterocycles. The van der Waals surface area contributed by atoms with Crippen LogP contribution < -0.4 is 0 Å². The number of amides is 1. The van der Waals surface area contributed by atoms with Crippen molar-refractivity contribution >= 4 is 17.8 Å². The zero-order valence-corrected chi connectivity index (χ0v) is 13.0. The maximum Gasteiger partial charge on any atom is 0.307 e. The number of carboxylic acids is 1. The van der Waals surface area contributed by atoms with E-state index in [-0.39, 0.29) is 30.8 Å². The molecule has 21 heavy (non-hydrogen) atoms. The smallest absolute Gasteiger partial charge is 0.307 e. The average Bonchev–Trinajstić information content (AvgIpc) is 2.91. The molecule has 2 unspecified atom stereocenters. The van der Waals surface area contributed by atoms with E-state index in [1.54, 1.807) is 4.90 Å². The molecular weight excluding hydrogens is 274 g/mol. The highest BCUT2D eigenvalue weighted by atomic mass is 16.5. The largest absolute Gasteiger partial charge is 0.481 e. The average molecular weight is 299 g/mol. The van der Waals surface area contributed by atoms with Crippen molar-refractivity contribution < 1.29 is 24.2 Å². The van der Waals surface area contributed by atoms with E-state index in [0.29, 0.717) is 19.4 Å². The Labute approximate surface area is 125 Å². The monoisotopic (exact) mass is 299 g/mol. The summed E-state index contributed by atoms with van der Waals surface area (Å²) in [4.78, 5) is 36.7. The van der Waals surface area contributed by atoms with Gasteiger partial charge in [-0.25, -0.2) is 0 Å². The molecule has 0 aliphatic heterocycles. The molecule has 120 valence electrons. The van der Waals surface area contributed by atoms with Gasteiger partial charge in [-0.1, -0.05) is 20.3 Å². The lowest BCUT2D eigenvalue weighted by atomic mass is 9.94. The van der Waals surface area contributed by atoms with Crippen molar-refractivity contribution in [2.24, 2.45) is 17.8 Å². The van der Waals surface area contributed by atoms with Crippen LogP contribution in [0.1, 0.15) is 39.5 Å². The zero-order valence-electron chi connectivity index (χ0n) is 13.0. The van der Waals surface area contributed by atoms with E-state index in [2.05, 4.69) is 4.74 Å². The molecule has 2 atom stereocenters. The number of nitrogens with zero attached hydrogens (tertiary/aromatic N) is 1. The first-order chi connectivity index (χ1) is 9.86. The summed E-state index contributed by atoms with van der Waals surface area (Å²) in [6.07, 6.45) is 2.07. The topological polar surface area (TPSA) is 83.9 Å². The molecule has 6 nitrogen and oxygen atoms in total. The highest BCUT2D eigenvalue weighted by Crippen LogP contribution is 2.33. The van der Waals surface area contributed by atoms with Crippen molar-refractivity contribution in [2.45, 2.75) is 39.5 Å². The van der Waals surface area contributed by atoms with Crippen molar-refractivity contribution in [3.63, 3.8) is 0 Å². The minimum atomic E-state index is -0.900. The van der Waals surface area contributed by atoms with Crippen molar-refractivity contribution in [2.75, 3.05) is 20.2 Å². The number of ether oxygens (including phenoxy) is 1. The number of carbonyl (C=O) groups is 3. The van der Waals surface area contributed by atoms with Gasteiger partial charge in [-0.2, -0.15) is 0 Å². The van der Waals surface area contributed by atoms with Gasteiger partial charge in [0.2, 0.25) is 5.91 Å². The molecule has 0 aromatic carbocycles. The maximum absolute atomic E-state index is 12.6.